The van der Waals surface area contributed by atoms with E-state index < -0.39 is 0 Å². The number of rotatable bonds is 9. The summed E-state index contributed by atoms with van der Waals surface area (Å²) >= 11 is 1.84. The van der Waals surface area contributed by atoms with Gasteiger partial charge < -0.3 is 10.3 Å². The molecular formula is C13H25N5OS. The van der Waals surface area contributed by atoms with Crippen LogP contribution in [0.1, 0.15) is 31.2 Å². The molecule has 0 bridgehead atoms. The van der Waals surface area contributed by atoms with E-state index in [4.69, 9.17) is 4.84 Å². The molecule has 0 amide bonds. The maximum absolute atomic E-state index is 5.29. The van der Waals surface area contributed by atoms with Crippen molar-refractivity contribution >= 4 is 17.7 Å². The molecule has 0 radical (unpaired) electrons. The second kappa shape index (κ2) is 10.6. The van der Waals surface area contributed by atoms with E-state index in [0.29, 0.717) is 12.6 Å². The number of aliphatic imine (C=N–C) groups is 1. The summed E-state index contributed by atoms with van der Waals surface area (Å²) < 4.78 is 0. The van der Waals surface area contributed by atoms with Crippen LogP contribution >= 0.6 is 11.8 Å². The van der Waals surface area contributed by atoms with Gasteiger partial charge in [-0.25, -0.2) is 10.5 Å². The maximum atomic E-state index is 5.29. The smallest absolute Gasteiger partial charge is 0.215 e. The summed E-state index contributed by atoms with van der Waals surface area (Å²) in [6.45, 7) is 5.71. The molecule has 0 aliphatic rings. The minimum absolute atomic E-state index is 0.678. The lowest BCUT2D eigenvalue weighted by Crippen LogP contribution is -2.38. The van der Waals surface area contributed by atoms with Gasteiger partial charge in [0.25, 0.3) is 0 Å². The SMILES string of the molecule is CCCCONC(=NC)NCCSCc1nc[nH]c1C. The second-order valence-electron chi connectivity index (χ2n) is 4.33. The molecule has 114 valence electrons. The summed E-state index contributed by atoms with van der Waals surface area (Å²) in [4.78, 5) is 16.7. The Labute approximate surface area is 125 Å². The second-order valence-corrected chi connectivity index (χ2v) is 5.44. The number of guanidine groups is 1. The van der Waals surface area contributed by atoms with Crippen LogP contribution in [0, 0.1) is 6.92 Å². The first-order chi connectivity index (χ1) is 9.77. The fraction of sp³-hybridized carbons (Fsp3) is 0.692. The molecular weight excluding hydrogens is 274 g/mol. The zero-order valence-corrected chi connectivity index (χ0v) is 13.3. The lowest BCUT2D eigenvalue weighted by Gasteiger charge is -2.11. The van der Waals surface area contributed by atoms with Crippen LogP contribution < -0.4 is 10.8 Å². The Kier molecular flexibility index (Phi) is 8.90. The van der Waals surface area contributed by atoms with Crippen molar-refractivity contribution in [3.8, 4) is 0 Å². The van der Waals surface area contributed by atoms with Gasteiger partial charge in [-0.1, -0.05) is 13.3 Å². The highest BCUT2D eigenvalue weighted by molar-refractivity contribution is 7.98. The first-order valence-corrected chi connectivity index (χ1v) is 8.08. The third-order valence-corrected chi connectivity index (χ3v) is 3.67. The largest absolute Gasteiger partial charge is 0.354 e. The number of hydrogen-bond donors (Lipinski definition) is 3. The Hall–Kier alpha value is -1.21. The Morgan fingerprint density at radius 2 is 2.40 bits per heavy atom. The molecule has 0 atom stereocenters. The molecule has 0 aliphatic heterocycles. The predicted octanol–water partition coefficient (Wildman–Crippen LogP) is 1.85. The Bertz CT molecular complexity index is 394. The number of hydroxylamine groups is 1. The van der Waals surface area contributed by atoms with Gasteiger partial charge in [-0.15, -0.1) is 0 Å². The molecule has 0 unspecified atom stereocenters. The number of hydrogen-bond acceptors (Lipinski definition) is 4. The van der Waals surface area contributed by atoms with Gasteiger partial charge in [-0.05, 0) is 13.3 Å². The number of aromatic amines is 1. The van der Waals surface area contributed by atoms with E-state index in [9.17, 15) is 0 Å². The lowest BCUT2D eigenvalue weighted by molar-refractivity contribution is 0.0802. The monoisotopic (exact) mass is 299 g/mol. The summed E-state index contributed by atoms with van der Waals surface area (Å²) in [5, 5.41) is 3.21. The molecule has 7 heteroatoms. The predicted molar refractivity (Wildman–Crippen MR) is 84.8 cm³/mol. The number of unbranched alkanes of at least 4 members (excludes halogenated alkanes) is 1. The van der Waals surface area contributed by atoms with E-state index in [-0.39, 0.29) is 0 Å². The van der Waals surface area contributed by atoms with E-state index in [1.807, 2.05) is 18.7 Å². The highest BCUT2D eigenvalue weighted by Gasteiger charge is 2.01. The van der Waals surface area contributed by atoms with E-state index in [0.717, 1.165) is 42.3 Å². The number of thioether (sulfide) groups is 1. The van der Waals surface area contributed by atoms with Crippen LogP contribution in [0.2, 0.25) is 0 Å². The minimum Gasteiger partial charge on any atom is -0.354 e. The molecule has 1 aromatic rings. The van der Waals surface area contributed by atoms with Crippen LogP contribution in [0.5, 0.6) is 0 Å². The molecule has 0 spiro atoms. The molecule has 0 fully saturated rings. The average molecular weight is 299 g/mol. The third kappa shape index (κ3) is 6.81. The molecule has 0 aliphatic carbocycles. The van der Waals surface area contributed by atoms with Gasteiger partial charge in [0.2, 0.25) is 5.96 Å². The molecule has 6 nitrogen and oxygen atoms in total. The molecule has 1 heterocycles. The first-order valence-electron chi connectivity index (χ1n) is 6.93. The van der Waals surface area contributed by atoms with Crippen molar-refractivity contribution in [2.24, 2.45) is 4.99 Å². The fourth-order valence-corrected chi connectivity index (χ4v) is 2.31. The molecule has 3 N–H and O–H groups in total. The van der Waals surface area contributed by atoms with Crippen LogP contribution in [0.15, 0.2) is 11.3 Å². The summed E-state index contributed by atoms with van der Waals surface area (Å²) in [6, 6.07) is 0. The van der Waals surface area contributed by atoms with Crippen molar-refractivity contribution in [3.05, 3.63) is 17.7 Å². The van der Waals surface area contributed by atoms with Crippen LogP contribution in [0.4, 0.5) is 0 Å². The van der Waals surface area contributed by atoms with Crippen molar-refractivity contribution in [1.82, 2.24) is 20.8 Å². The van der Waals surface area contributed by atoms with Crippen molar-refractivity contribution in [2.45, 2.75) is 32.4 Å². The standard InChI is InChI=1S/C13H25N5OS/c1-4-5-7-19-18-13(14-3)15-6-8-20-9-12-11(2)16-10-17-12/h10H,4-9H2,1-3H3,(H,16,17)(H2,14,15,18). The van der Waals surface area contributed by atoms with Gasteiger partial charge in [0.05, 0.1) is 18.6 Å². The average Bonchev–Trinajstić information content (AvgIpc) is 2.86. The quantitative estimate of drug-likeness (QED) is 0.281. The summed E-state index contributed by atoms with van der Waals surface area (Å²) in [5.41, 5.74) is 5.10. The Morgan fingerprint density at radius 3 is 3.05 bits per heavy atom. The molecule has 0 saturated heterocycles. The normalized spacial score (nSPS) is 11.7. The molecule has 1 rings (SSSR count). The summed E-state index contributed by atoms with van der Waals surface area (Å²) in [5.74, 6) is 2.59. The maximum Gasteiger partial charge on any atom is 0.215 e. The number of aromatic nitrogens is 2. The zero-order chi connectivity index (χ0) is 14.6. The Morgan fingerprint density at radius 1 is 1.55 bits per heavy atom. The number of nitrogens with zero attached hydrogens (tertiary/aromatic N) is 2. The third-order valence-electron chi connectivity index (χ3n) is 2.70. The molecule has 0 saturated carbocycles. The molecule has 1 aromatic heterocycles. The van der Waals surface area contributed by atoms with Crippen molar-refractivity contribution in [1.29, 1.82) is 0 Å². The highest BCUT2D eigenvalue weighted by Crippen LogP contribution is 2.11. The highest BCUT2D eigenvalue weighted by atomic mass is 32.2. The topological polar surface area (TPSA) is 74.3 Å². The number of aryl methyl sites for hydroxylation is 1. The van der Waals surface area contributed by atoms with Gasteiger partial charge in [0.15, 0.2) is 0 Å². The van der Waals surface area contributed by atoms with Crippen LogP contribution in [-0.4, -0.2) is 41.9 Å². The van der Waals surface area contributed by atoms with Crippen molar-refractivity contribution in [3.63, 3.8) is 0 Å². The van der Waals surface area contributed by atoms with Gasteiger partial charge >= 0.3 is 0 Å². The molecule has 20 heavy (non-hydrogen) atoms. The van der Waals surface area contributed by atoms with Gasteiger partial charge in [-0.3, -0.25) is 9.83 Å². The Balaban J connectivity index is 2.05. The zero-order valence-electron chi connectivity index (χ0n) is 12.5. The van der Waals surface area contributed by atoms with Crippen molar-refractivity contribution < 1.29 is 4.84 Å². The van der Waals surface area contributed by atoms with Crippen LogP contribution in [-0.2, 0) is 10.6 Å². The minimum atomic E-state index is 0.678. The van der Waals surface area contributed by atoms with Gasteiger partial charge in [0, 0.05) is 30.8 Å². The lowest BCUT2D eigenvalue weighted by atomic mass is 10.4. The van der Waals surface area contributed by atoms with E-state index in [1.54, 1.807) is 13.4 Å². The van der Waals surface area contributed by atoms with Gasteiger partial charge in [0.1, 0.15) is 0 Å². The first kappa shape index (κ1) is 16.8. The van der Waals surface area contributed by atoms with Crippen molar-refractivity contribution in [2.75, 3.05) is 26.0 Å². The van der Waals surface area contributed by atoms with E-state index in [1.165, 1.54) is 0 Å². The summed E-state index contributed by atoms with van der Waals surface area (Å²) in [6.07, 6.45) is 3.91. The fourth-order valence-electron chi connectivity index (χ4n) is 1.44. The van der Waals surface area contributed by atoms with Gasteiger partial charge in [-0.2, -0.15) is 11.8 Å². The van der Waals surface area contributed by atoms with E-state index >= 15 is 0 Å². The number of nitrogens with one attached hydrogen (secondary N) is 3. The number of H-pyrrole nitrogens is 1. The van der Waals surface area contributed by atoms with Crippen LogP contribution in [0.25, 0.3) is 0 Å². The summed E-state index contributed by atoms with van der Waals surface area (Å²) in [7, 11) is 1.73. The molecule has 0 aromatic carbocycles. The van der Waals surface area contributed by atoms with E-state index in [2.05, 4.69) is 32.7 Å². The number of imidazole rings is 1. The van der Waals surface area contributed by atoms with Crippen LogP contribution in [0.3, 0.4) is 0 Å².